The lowest BCUT2D eigenvalue weighted by Gasteiger charge is -2.22. The van der Waals surface area contributed by atoms with Crippen LogP contribution in [-0.2, 0) is 14.3 Å². The summed E-state index contributed by atoms with van der Waals surface area (Å²) >= 11 is 0. The van der Waals surface area contributed by atoms with Crippen molar-refractivity contribution in [3.05, 3.63) is 22.2 Å². The molecule has 0 aliphatic carbocycles. The first kappa shape index (κ1) is 18.3. The summed E-state index contributed by atoms with van der Waals surface area (Å²) in [5.41, 5.74) is 5.50. The number of nitrogens with zero attached hydrogens (tertiary/aromatic N) is 2. The average Bonchev–Trinajstić information content (AvgIpc) is 2.87. The molecule has 1 aromatic heterocycles. The third kappa shape index (κ3) is 3.73. The van der Waals surface area contributed by atoms with Crippen molar-refractivity contribution in [2.24, 2.45) is 0 Å². The summed E-state index contributed by atoms with van der Waals surface area (Å²) in [7, 11) is 1.50. The van der Waals surface area contributed by atoms with Crippen LogP contribution in [0.3, 0.4) is 0 Å². The van der Waals surface area contributed by atoms with Crippen LogP contribution in [0, 0.1) is 6.92 Å². The molecule has 1 fully saturated rings. The Hall–Kier alpha value is -2.01. The number of hydrogen-bond donors (Lipinski definition) is 4. The number of nitrogens with one attached hydrogen (secondary N) is 1. The summed E-state index contributed by atoms with van der Waals surface area (Å²) in [5.74, 6) is -0.119. The van der Waals surface area contributed by atoms with Crippen LogP contribution in [0.1, 0.15) is 18.2 Å². The highest BCUT2D eigenvalue weighted by atomic mass is 16.6. The molecule has 0 bridgehead atoms. The number of carbonyl (C=O) groups excluding carboxylic acids is 1. The van der Waals surface area contributed by atoms with Crippen molar-refractivity contribution in [3.8, 4) is 0 Å². The van der Waals surface area contributed by atoms with Crippen LogP contribution in [0.5, 0.6) is 0 Å². The fourth-order valence-electron chi connectivity index (χ4n) is 2.45. The van der Waals surface area contributed by atoms with Gasteiger partial charge < -0.3 is 30.7 Å². The summed E-state index contributed by atoms with van der Waals surface area (Å²) < 4.78 is 12.2. The van der Waals surface area contributed by atoms with E-state index in [9.17, 15) is 19.8 Å². The van der Waals surface area contributed by atoms with Crippen LogP contribution >= 0.6 is 0 Å². The van der Waals surface area contributed by atoms with E-state index in [1.807, 2.05) is 0 Å². The monoisotopic (exact) mass is 342 g/mol. The minimum Gasteiger partial charge on any atom is -0.394 e. The molecule has 5 N–H and O–H groups in total. The number of nitrogens with two attached hydrogens (primary N) is 1. The van der Waals surface area contributed by atoms with E-state index in [2.05, 4.69) is 10.3 Å². The van der Waals surface area contributed by atoms with Gasteiger partial charge in [0.15, 0.2) is 6.23 Å². The fraction of sp³-hybridized carbons (Fsp3) is 0.643. The van der Waals surface area contributed by atoms with Gasteiger partial charge >= 0.3 is 5.69 Å². The second kappa shape index (κ2) is 7.71. The molecule has 10 heteroatoms. The van der Waals surface area contributed by atoms with Crippen LogP contribution in [0.2, 0.25) is 0 Å². The van der Waals surface area contributed by atoms with Crippen molar-refractivity contribution in [1.82, 2.24) is 14.9 Å². The van der Waals surface area contributed by atoms with Crippen LogP contribution in [0.4, 0.5) is 5.82 Å². The van der Waals surface area contributed by atoms with Crippen molar-refractivity contribution < 1.29 is 24.5 Å². The van der Waals surface area contributed by atoms with E-state index in [1.54, 1.807) is 6.92 Å². The van der Waals surface area contributed by atoms with Crippen LogP contribution < -0.4 is 16.7 Å². The van der Waals surface area contributed by atoms with E-state index in [0.29, 0.717) is 5.56 Å². The van der Waals surface area contributed by atoms with E-state index in [4.69, 9.17) is 15.2 Å². The summed E-state index contributed by atoms with van der Waals surface area (Å²) in [5, 5.41) is 22.0. The smallest absolute Gasteiger partial charge is 0.351 e. The molecule has 0 spiro atoms. The molecule has 24 heavy (non-hydrogen) atoms. The molecule has 1 saturated heterocycles. The van der Waals surface area contributed by atoms with Gasteiger partial charge in [0.2, 0.25) is 5.91 Å². The summed E-state index contributed by atoms with van der Waals surface area (Å²) in [6.45, 7) is 1.26. The van der Waals surface area contributed by atoms with Gasteiger partial charge in [-0.15, -0.1) is 0 Å². The SMILES string of the molecule is CNC(=O)CCO[C@@H]1[C@@H](O)[C@@H](CO)O[C@H]1n1cc(C)c(N)nc1=O. The van der Waals surface area contributed by atoms with Gasteiger partial charge in [0.25, 0.3) is 0 Å². The number of ether oxygens (including phenoxy) is 2. The van der Waals surface area contributed by atoms with Crippen LogP contribution in [-0.4, -0.2) is 64.2 Å². The molecule has 1 aliphatic rings. The second-order valence-electron chi connectivity index (χ2n) is 5.50. The third-order valence-electron chi connectivity index (χ3n) is 3.86. The van der Waals surface area contributed by atoms with Gasteiger partial charge in [-0.05, 0) is 6.92 Å². The first-order chi connectivity index (χ1) is 11.4. The molecule has 0 radical (unpaired) electrons. The predicted molar refractivity (Wildman–Crippen MR) is 83.1 cm³/mol. The number of hydrogen-bond acceptors (Lipinski definition) is 8. The van der Waals surface area contributed by atoms with Crippen LogP contribution in [0.25, 0.3) is 0 Å². The standard InChI is InChI=1S/C14H22N4O6/c1-7-5-18(14(22)17-12(7)15)13-11(10(21)8(6-19)24-13)23-4-3-9(20)16-2/h5,8,10-11,13,19,21H,3-4,6H2,1-2H3,(H,16,20)(H2,15,17,22)/t8-,10+,11-,13-/m1/s1. The Morgan fingerprint density at radius 1 is 1.58 bits per heavy atom. The first-order valence-corrected chi connectivity index (χ1v) is 7.50. The van der Waals surface area contributed by atoms with Gasteiger partial charge in [-0.3, -0.25) is 9.36 Å². The Bertz CT molecular complexity index is 649. The Morgan fingerprint density at radius 3 is 2.92 bits per heavy atom. The van der Waals surface area contributed by atoms with E-state index >= 15 is 0 Å². The maximum Gasteiger partial charge on any atom is 0.351 e. The van der Waals surface area contributed by atoms with Crippen LogP contribution in [0.15, 0.2) is 11.0 Å². The van der Waals surface area contributed by atoms with Crippen molar-refractivity contribution >= 4 is 11.7 Å². The van der Waals surface area contributed by atoms with E-state index in [-0.39, 0.29) is 24.8 Å². The van der Waals surface area contributed by atoms with Crippen molar-refractivity contribution in [2.45, 2.75) is 37.9 Å². The second-order valence-corrected chi connectivity index (χ2v) is 5.50. The topological polar surface area (TPSA) is 149 Å². The number of rotatable bonds is 6. The summed E-state index contributed by atoms with van der Waals surface area (Å²) in [4.78, 5) is 27.0. The molecular formula is C14H22N4O6. The Morgan fingerprint density at radius 2 is 2.29 bits per heavy atom. The molecule has 4 atom stereocenters. The summed E-state index contributed by atoms with van der Waals surface area (Å²) in [6, 6.07) is 0. The number of amides is 1. The number of aliphatic hydroxyl groups excluding tert-OH is 2. The zero-order valence-corrected chi connectivity index (χ0v) is 13.5. The molecule has 134 valence electrons. The van der Waals surface area contributed by atoms with E-state index in [0.717, 1.165) is 4.57 Å². The quantitative estimate of drug-likeness (QED) is 0.459. The maximum atomic E-state index is 12.1. The third-order valence-corrected chi connectivity index (χ3v) is 3.86. The van der Waals surface area contributed by atoms with Gasteiger partial charge in [-0.2, -0.15) is 4.98 Å². The lowest BCUT2D eigenvalue weighted by atomic mass is 10.1. The van der Waals surface area contributed by atoms with Gasteiger partial charge in [-0.1, -0.05) is 0 Å². The number of nitrogen functional groups attached to an aromatic ring is 1. The number of carbonyl (C=O) groups is 1. The lowest BCUT2D eigenvalue weighted by molar-refractivity contribution is -0.124. The van der Waals surface area contributed by atoms with Crippen molar-refractivity contribution in [3.63, 3.8) is 0 Å². The zero-order chi connectivity index (χ0) is 17.9. The average molecular weight is 342 g/mol. The van der Waals surface area contributed by atoms with Crippen molar-refractivity contribution in [2.75, 3.05) is 26.0 Å². The highest BCUT2D eigenvalue weighted by Gasteiger charge is 2.45. The Labute approximate surface area is 138 Å². The maximum absolute atomic E-state index is 12.1. The summed E-state index contributed by atoms with van der Waals surface area (Å²) in [6.07, 6.45) is -2.45. The minimum atomic E-state index is -1.16. The molecule has 2 rings (SSSR count). The molecule has 10 nitrogen and oxygen atoms in total. The largest absolute Gasteiger partial charge is 0.394 e. The van der Waals surface area contributed by atoms with Gasteiger partial charge in [0, 0.05) is 25.2 Å². The Kier molecular flexibility index (Phi) is 5.89. The minimum absolute atomic E-state index is 0.0234. The van der Waals surface area contributed by atoms with E-state index in [1.165, 1.54) is 13.2 Å². The van der Waals surface area contributed by atoms with Crippen molar-refractivity contribution in [1.29, 1.82) is 0 Å². The van der Waals surface area contributed by atoms with E-state index < -0.39 is 36.8 Å². The normalized spacial score (nSPS) is 26.5. The molecular weight excluding hydrogens is 320 g/mol. The number of aryl methyl sites for hydroxylation is 1. The molecule has 1 aromatic rings. The Balaban J connectivity index is 2.23. The van der Waals surface area contributed by atoms with Gasteiger partial charge in [0.05, 0.1) is 13.2 Å². The van der Waals surface area contributed by atoms with Gasteiger partial charge in [0.1, 0.15) is 24.1 Å². The number of aromatic nitrogens is 2. The molecule has 0 unspecified atom stereocenters. The lowest BCUT2D eigenvalue weighted by Crippen LogP contribution is -2.39. The first-order valence-electron chi connectivity index (χ1n) is 7.50. The number of anilines is 1. The zero-order valence-electron chi connectivity index (χ0n) is 13.5. The molecule has 0 aromatic carbocycles. The molecule has 2 heterocycles. The number of aliphatic hydroxyl groups is 2. The van der Waals surface area contributed by atoms with Gasteiger partial charge in [-0.25, -0.2) is 4.79 Å². The molecule has 0 saturated carbocycles. The highest BCUT2D eigenvalue weighted by Crippen LogP contribution is 2.31. The fourth-order valence-corrected chi connectivity index (χ4v) is 2.45. The predicted octanol–water partition coefficient (Wildman–Crippen LogP) is -2.09. The highest BCUT2D eigenvalue weighted by molar-refractivity contribution is 5.75. The molecule has 1 amide bonds. The molecule has 1 aliphatic heterocycles.